The van der Waals surface area contributed by atoms with Gasteiger partial charge in [-0.05, 0) is 59.8 Å². The maximum absolute atomic E-state index is 12.2. The second-order valence-electron chi connectivity index (χ2n) is 5.80. The zero-order valence-electron chi connectivity index (χ0n) is 14.3. The number of thioether (sulfide) groups is 1. The summed E-state index contributed by atoms with van der Waals surface area (Å²) in [5.41, 5.74) is 1.73. The summed E-state index contributed by atoms with van der Waals surface area (Å²) in [6.07, 6.45) is 1.85. The Morgan fingerprint density at radius 2 is 1.44 bits per heavy atom. The van der Waals surface area contributed by atoms with Crippen molar-refractivity contribution in [3.05, 3.63) is 95.4 Å². The molecule has 0 radical (unpaired) electrons. The van der Waals surface area contributed by atoms with Gasteiger partial charge in [0.2, 0.25) is 0 Å². The van der Waals surface area contributed by atoms with Crippen LogP contribution in [-0.2, 0) is 4.79 Å². The van der Waals surface area contributed by atoms with Crippen molar-refractivity contribution in [3.63, 3.8) is 0 Å². The summed E-state index contributed by atoms with van der Waals surface area (Å²) in [5, 5.41) is 3.38. The van der Waals surface area contributed by atoms with E-state index in [1.54, 1.807) is 0 Å². The lowest BCUT2D eigenvalue weighted by Crippen LogP contribution is -2.19. The number of para-hydroxylation sites is 2. The van der Waals surface area contributed by atoms with E-state index < -0.39 is 0 Å². The molecule has 4 nitrogen and oxygen atoms in total. The summed E-state index contributed by atoms with van der Waals surface area (Å²) in [7, 11) is 0. The monoisotopic (exact) mass is 372 g/mol. The molecule has 27 heavy (non-hydrogen) atoms. The first-order valence-electron chi connectivity index (χ1n) is 8.44. The largest absolute Gasteiger partial charge is 0.457 e. The van der Waals surface area contributed by atoms with Crippen LogP contribution in [0.4, 0.5) is 5.69 Å². The maximum atomic E-state index is 12.2. The molecule has 0 aromatic heterocycles. The first-order chi connectivity index (χ1) is 13.3. The second-order valence-corrected chi connectivity index (χ2v) is 6.83. The summed E-state index contributed by atoms with van der Waals surface area (Å²) in [6, 6.07) is 26.8. The van der Waals surface area contributed by atoms with Crippen LogP contribution in [0.2, 0.25) is 0 Å². The smallest absolute Gasteiger partial charge is 0.264 e. The molecule has 4 rings (SSSR count). The van der Waals surface area contributed by atoms with Gasteiger partial charge in [-0.15, -0.1) is 0 Å². The lowest BCUT2D eigenvalue weighted by atomic mass is 10.2. The fraction of sp³-hybridized carbons (Fsp3) is 0. The van der Waals surface area contributed by atoms with E-state index in [1.807, 2.05) is 91.0 Å². The van der Waals surface area contributed by atoms with Crippen molar-refractivity contribution in [2.75, 3.05) is 0 Å². The molecule has 0 spiro atoms. The second kappa shape index (κ2) is 7.93. The average Bonchev–Trinajstić information content (AvgIpc) is 3.04. The van der Waals surface area contributed by atoms with Crippen LogP contribution in [0, 0.1) is 0 Å². The van der Waals surface area contributed by atoms with E-state index in [9.17, 15) is 4.79 Å². The third kappa shape index (κ3) is 4.46. The third-order valence-electron chi connectivity index (χ3n) is 3.79. The number of nitrogens with one attached hydrogen (secondary N) is 1. The number of ether oxygens (including phenoxy) is 1. The van der Waals surface area contributed by atoms with Crippen molar-refractivity contribution >= 4 is 34.6 Å². The molecule has 0 saturated carbocycles. The van der Waals surface area contributed by atoms with Gasteiger partial charge in [0.15, 0.2) is 5.17 Å². The van der Waals surface area contributed by atoms with Crippen molar-refractivity contribution < 1.29 is 9.53 Å². The molecule has 3 aromatic carbocycles. The minimum atomic E-state index is -0.140. The number of hydrogen-bond donors (Lipinski definition) is 1. The summed E-state index contributed by atoms with van der Waals surface area (Å²) >= 11 is 1.33. The zero-order chi connectivity index (χ0) is 18.5. The molecule has 0 bridgehead atoms. The SMILES string of the molecule is O=C1NC(=Nc2ccccc2)SC1=Cc1ccc(Oc2ccccc2)cc1. The quantitative estimate of drug-likeness (QED) is 0.626. The van der Waals surface area contributed by atoms with E-state index in [0.717, 1.165) is 22.7 Å². The Kier molecular flexibility index (Phi) is 5.03. The predicted molar refractivity (Wildman–Crippen MR) is 110 cm³/mol. The highest BCUT2D eigenvalue weighted by Crippen LogP contribution is 2.29. The van der Waals surface area contributed by atoms with Crippen molar-refractivity contribution in [1.29, 1.82) is 0 Å². The predicted octanol–water partition coefficient (Wildman–Crippen LogP) is 5.37. The average molecular weight is 372 g/mol. The van der Waals surface area contributed by atoms with Crippen LogP contribution >= 0.6 is 11.8 Å². The van der Waals surface area contributed by atoms with Crippen LogP contribution in [0.15, 0.2) is 94.8 Å². The molecule has 1 N–H and O–H groups in total. The number of amidine groups is 1. The Hall–Kier alpha value is -3.31. The Morgan fingerprint density at radius 3 is 2.15 bits per heavy atom. The van der Waals surface area contributed by atoms with Gasteiger partial charge in [0.25, 0.3) is 5.91 Å². The van der Waals surface area contributed by atoms with Gasteiger partial charge in [0.1, 0.15) is 11.5 Å². The molecule has 5 heteroatoms. The van der Waals surface area contributed by atoms with Gasteiger partial charge >= 0.3 is 0 Å². The van der Waals surface area contributed by atoms with E-state index in [-0.39, 0.29) is 5.91 Å². The fourth-order valence-electron chi connectivity index (χ4n) is 2.51. The van der Waals surface area contributed by atoms with Crippen molar-refractivity contribution in [2.45, 2.75) is 0 Å². The number of nitrogens with zero attached hydrogens (tertiary/aromatic N) is 1. The van der Waals surface area contributed by atoms with Crippen LogP contribution in [0.1, 0.15) is 5.56 Å². The molecule has 0 unspecified atom stereocenters. The molecule has 0 aliphatic carbocycles. The molecule has 1 aliphatic rings. The van der Waals surface area contributed by atoms with Gasteiger partial charge in [0, 0.05) is 0 Å². The normalized spacial score (nSPS) is 16.5. The Morgan fingerprint density at radius 1 is 0.815 bits per heavy atom. The summed E-state index contributed by atoms with van der Waals surface area (Å²) in [5.74, 6) is 1.40. The van der Waals surface area contributed by atoms with Gasteiger partial charge in [0.05, 0.1) is 10.6 Å². The number of benzene rings is 3. The standard InChI is InChI=1S/C22H16N2O2S/c25-21-20(27-22(24-21)23-17-7-3-1-4-8-17)15-16-11-13-19(14-12-16)26-18-9-5-2-6-10-18/h1-15H,(H,23,24,25). The summed E-state index contributed by atoms with van der Waals surface area (Å²) in [6.45, 7) is 0. The number of aliphatic imine (C=N–C) groups is 1. The van der Waals surface area contributed by atoms with Gasteiger partial charge in [-0.3, -0.25) is 4.79 Å². The minimum absolute atomic E-state index is 0.140. The van der Waals surface area contributed by atoms with Crippen molar-refractivity contribution in [3.8, 4) is 11.5 Å². The maximum Gasteiger partial charge on any atom is 0.264 e. The zero-order valence-corrected chi connectivity index (χ0v) is 15.1. The lowest BCUT2D eigenvalue weighted by molar-refractivity contribution is -0.115. The summed E-state index contributed by atoms with van der Waals surface area (Å²) in [4.78, 5) is 17.2. The molecule has 1 saturated heterocycles. The third-order valence-corrected chi connectivity index (χ3v) is 4.70. The number of amides is 1. The van der Waals surface area contributed by atoms with Crippen molar-refractivity contribution in [1.82, 2.24) is 5.32 Å². The van der Waals surface area contributed by atoms with Crippen LogP contribution in [0.3, 0.4) is 0 Å². The van der Waals surface area contributed by atoms with Crippen LogP contribution in [0.5, 0.6) is 11.5 Å². The van der Waals surface area contributed by atoms with E-state index in [4.69, 9.17) is 4.74 Å². The molecular formula is C22H16N2O2S. The van der Waals surface area contributed by atoms with E-state index in [2.05, 4.69) is 10.3 Å². The number of carbonyl (C=O) groups is 1. The Labute approximate surface area is 161 Å². The molecule has 3 aromatic rings. The Balaban J connectivity index is 1.47. The van der Waals surface area contributed by atoms with Crippen LogP contribution in [0.25, 0.3) is 6.08 Å². The molecule has 1 fully saturated rings. The molecule has 1 heterocycles. The molecule has 132 valence electrons. The van der Waals surface area contributed by atoms with Crippen LogP contribution in [-0.4, -0.2) is 11.1 Å². The number of carbonyl (C=O) groups excluding carboxylic acids is 1. The number of hydrogen-bond acceptors (Lipinski definition) is 4. The van der Waals surface area contributed by atoms with E-state index >= 15 is 0 Å². The van der Waals surface area contributed by atoms with Gasteiger partial charge in [-0.25, -0.2) is 4.99 Å². The molecular weight excluding hydrogens is 356 g/mol. The van der Waals surface area contributed by atoms with Gasteiger partial charge in [-0.2, -0.15) is 0 Å². The van der Waals surface area contributed by atoms with Gasteiger partial charge in [-0.1, -0.05) is 48.5 Å². The molecule has 1 amide bonds. The Bertz CT molecular complexity index is 998. The molecule has 0 atom stereocenters. The first kappa shape index (κ1) is 17.1. The van der Waals surface area contributed by atoms with Crippen LogP contribution < -0.4 is 10.1 Å². The van der Waals surface area contributed by atoms with E-state index in [0.29, 0.717) is 10.1 Å². The molecule has 1 aliphatic heterocycles. The van der Waals surface area contributed by atoms with Gasteiger partial charge < -0.3 is 10.1 Å². The topological polar surface area (TPSA) is 50.7 Å². The van der Waals surface area contributed by atoms with Crippen molar-refractivity contribution in [2.24, 2.45) is 4.99 Å². The minimum Gasteiger partial charge on any atom is -0.457 e. The van der Waals surface area contributed by atoms with E-state index in [1.165, 1.54) is 11.8 Å². The highest BCUT2D eigenvalue weighted by molar-refractivity contribution is 8.18. The highest BCUT2D eigenvalue weighted by atomic mass is 32.2. The fourth-order valence-corrected chi connectivity index (χ4v) is 3.35. The number of rotatable bonds is 4. The summed E-state index contributed by atoms with van der Waals surface area (Å²) < 4.78 is 5.78. The lowest BCUT2D eigenvalue weighted by Gasteiger charge is -2.05. The first-order valence-corrected chi connectivity index (χ1v) is 9.25. The highest BCUT2D eigenvalue weighted by Gasteiger charge is 2.23.